The van der Waals surface area contributed by atoms with Crippen molar-refractivity contribution < 1.29 is 32.6 Å². The van der Waals surface area contributed by atoms with E-state index in [1.165, 1.54) is 12.1 Å². The largest absolute Gasteiger partial charge is 0.412 e. The number of aliphatic hydroxyl groups excluding tert-OH is 1. The Kier molecular flexibility index (Phi) is 4.24. The van der Waals surface area contributed by atoms with Gasteiger partial charge in [0.15, 0.2) is 12.1 Å². The smallest absolute Gasteiger partial charge is 0.387 e. The Morgan fingerprint density at radius 2 is 2.00 bits per heavy atom. The Balaban J connectivity index is 1.94. The summed E-state index contributed by atoms with van der Waals surface area (Å²) in [5.74, 6) is -2.22. The minimum atomic E-state index is -4.92. The fourth-order valence-electron chi connectivity index (χ4n) is 3.01. The normalized spacial score (nSPS) is 19.3. The number of benzene rings is 1. The summed E-state index contributed by atoms with van der Waals surface area (Å²) >= 11 is 0. The molecule has 3 rings (SSSR count). The summed E-state index contributed by atoms with van der Waals surface area (Å²) in [6, 6.07) is 1.24. The van der Waals surface area contributed by atoms with Crippen LogP contribution in [0.3, 0.4) is 0 Å². The lowest BCUT2D eigenvalue weighted by Gasteiger charge is -2.40. The standard InChI is InChI=1S/C16H16F4N2O3/c17-9-3-1-4-10-11(9)8(7-21-10)12(16(18,19)20)22-14(24)13(23)15(25)5-2-6-15/h1,3-4,7,12-13,21,23,25H,2,5-6H2,(H,22,24). The first-order chi connectivity index (χ1) is 11.6. The molecule has 1 aromatic heterocycles. The highest BCUT2D eigenvalue weighted by atomic mass is 19.4. The molecule has 1 aromatic carbocycles. The van der Waals surface area contributed by atoms with Crippen LogP contribution in [0.2, 0.25) is 0 Å². The number of nitrogens with one attached hydrogen (secondary N) is 2. The third-order valence-corrected chi connectivity index (χ3v) is 4.59. The number of aromatic nitrogens is 1. The molecule has 9 heteroatoms. The number of alkyl halides is 3. The third kappa shape index (κ3) is 3.09. The average Bonchev–Trinajstić information content (AvgIpc) is 2.93. The zero-order valence-electron chi connectivity index (χ0n) is 12.9. The van der Waals surface area contributed by atoms with Crippen molar-refractivity contribution >= 4 is 16.8 Å². The monoisotopic (exact) mass is 360 g/mol. The number of aromatic amines is 1. The van der Waals surface area contributed by atoms with Crippen LogP contribution in [0.4, 0.5) is 17.6 Å². The maximum atomic E-state index is 14.0. The maximum absolute atomic E-state index is 14.0. The van der Waals surface area contributed by atoms with Crippen LogP contribution < -0.4 is 5.32 Å². The molecule has 0 radical (unpaired) electrons. The van der Waals surface area contributed by atoms with E-state index in [-0.39, 0.29) is 23.7 Å². The number of hydrogen-bond donors (Lipinski definition) is 4. The van der Waals surface area contributed by atoms with Crippen LogP contribution in [0.1, 0.15) is 30.9 Å². The van der Waals surface area contributed by atoms with Gasteiger partial charge >= 0.3 is 6.18 Å². The second-order valence-electron chi connectivity index (χ2n) is 6.25. The number of rotatable bonds is 4. The highest BCUT2D eigenvalue weighted by molar-refractivity contribution is 5.87. The topological polar surface area (TPSA) is 85.4 Å². The van der Waals surface area contributed by atoms with Gasteiger partial charge in [-0.1, -0.05) is 6.07 Å². The van der Waals surface area contributed by atoms with E-state index >= 15 is 0 Å². The van der Waals surface area contributed by atoms with Gasteiger partial charge in [-0.2, -0.15) is 13.2 Å². The molecular weight excluding hydrogens is 344 g/mol. The molecule has 4 N–H and O–H groups in total. The predicted octanol–water partition coefficient (Wildman–Crippen LogP) is 2.30. The van der Waals surface area contributed by atoms with Crippen molar-refractivity contribution in [3.05, 3.63) is 35.8 Å². The van der Waals surface area contributed by atoms with E-state index in [9.17, 15) is 32.6 Å². The molecule has 1 saturated carbocycles. The Hall–Kier alpha value is -2.13. The summed E-state index contributed by atoms with van der Waals surface area (Å²) in [5.41, 5.74) is -2.07. The van der Waals surface area contributed by atoms with Gasteiger partial charge in [0, 0.05) is 22.7 Å². The molecule has 0 saturated heterocycles. The first kappa shape index (κ1) is 17.7. The molecule has 1 aliphatic rings. The summed E-state index contributed by atoms with van der Waals surface area (Å²) in [6.45, 7) is 0. The molecule has 0 bridgehead atoms. The van der Waals surface area contributed by atoms with E-state index in [1.54, 1.807) is 5.32 Å². The molecule has 1 heterocycles. The maximum Gasteiger partial charge on any atom is 0.412 e. The molecule has 1 amide bonds. The van der Waals surface area contributed by atoms with Crippen LogP contribution in [-0.4, -0.2) is 39.0 Å². The SMILES string of the molecule is O=C(NC(c1c[nH]c2cccc(F)c12)C(F)(F)F)C(O)C1(O)CCC1. The van der Waals surface area contributed by atoms with Crippen LogP contribution >= 0.6 is 0 Å². The number of H-pyrrole nitrogens is 1. The molecule has 0 spiro atoms. The molecular formula is C16H16F4N2O3. The summed E-state index contributed by atoms with van der Waals surface area (Å²) in [6.07, 6.45) is -5.12. The molecule has 0 aliphatic heterocycles. The van der Waals surface area contributed by atoms with Crippen molar-refractivity contribution in [2.75, 3.05) is 0 Å². The fourth-order valence-corrected chi connectivity index (χ4v) is 3.01. The molecule has 2 unspecified atom stereocenters. The number of hydrogen-bond acceptors (Lipinski definition) is 3. The van der Waals surface area contributed by atoms with Gasteiger partial charge in [0.05, 0.1) is 5.60 Å². The van der Waals surface area contributed by atoms with Gasteiger partial charge < -0.3 is 20.5 Å². The van der Waals surface area contributed by atoms with Crippen LogP contribution in [0, 0.1) is 5.82 Å². The van der Waals surface area contributed by atoms with E-state index < -0.39 is 41.2 Å². The number of halogens is 4. The van der Waals surface area contributed by atoms with Crippen LogP contribution in [0.25, 0.3) is 10.9 Å². The minimum absolute atomic E-state index is 0.125. The number of carbonyl (C=O) groups excluding carboxylic acids is 1. The Morgan fingerprint density at radius 3 is 2.56 bits per heavy atom. The zero-order valence-corrected chi connectivity index (χ0v) is 12.9. The Labute approximate surface area is 139 Å². The zero-order chi connectivity index (χ0) is 18.4. The van der Waals surface area contributed by atoms with Crippen molar-refractivity contribution in [2.45, 2.75) is 43.2 Å². The van der Waals surface area contributed by atoms with Crippen molar-refractivity contribution in [1.29, 1.82) is 0 Å². The third-order valence-electron chi connectivity index (χ3n) is 4.59. The molecule has 25 heavy (non-hydrogen) atoms. The lowest BCUT2D eigenvalue weighted by molar-refractivity contribution is -0.176. The summed E-state index contributed by atoms with van der Waals surface area (Å²) < 4.78 is 54.4. The van der Waals surface area contributed by atoms with Gasteiger partial charge in [-0.25, -0.2) is 4.39 Å². The van der Waals surface area contributed by atoms with Crippen molar-refractivity contribution in [2.24, 2.45) is 0 Å². The minimum Gasteiger partial charge on any atom is -0.387 e. The van der Waals surface area contributed by atoms with Crippen molar-refractivity contribution in [1.82, 2.24) is 10.3 Å². The predicted molar refractivity (Wildman–Crippen MR) is 80.0 cm³/mol. The van der Waals surface area contributed by atoms with Gasteiger partial charge in [-0.15, -0.1) is 0 Å². The van der Waals surface area contributed by atoms with Gasteiger partial charge in [0.1, 0.15) is 5.82 Å². The quantitative estimate of drug-likeness (QED) is 0.631. The highest BCUT2D eigenvalue weighted by Gasteiger charge is 2.49. The molecule has 2 aromatic rings. The van der Waals surface area contributed by atoms with Gasteiger partial charge in [0.25, 0.3) is 5.91 Å². The highest BCUT2D eigenvalue weighted by Crippen LogP contribution is 2.39. The van der Waals surface area contributed by atoms with E-state index in [0.29, 0.717) is 6.42 Å². The van der Waals surface area contributed by atoms with Crippen LogP contribution in [0.15, 0.2) is 24.4 Å². The Bertz CT molecular complexity index is 798. The summed E-state index contributed by atoms with van der Waals surface area (Å²) in [4.78, 5) is 14.6. The average molecular weight is 360 g/mol. The van der Waals surface area contributed by atoms with E-state index in [1.807, 2.05) is 0 Å². The fraction of sp³-hybridized carbons (Fsp3) is 0.438. The molecule has 5 nitrogen and oxygen atoms in total. The van der Waals surface area contributed by atoms with Crippen LogP contribution in [0.5, 0.6) is 0 Å². The van der Waals surface area contributed by atoms with Gasteiger partial charge in [-0.3, -0.25) is 4.79 Å². The second kappa shape index (κ2) is 5.99. The number of fused-ring (bicyclic) bond motifs is 1. The Morgan fingerprint density at radius 1 is 1.32 bits per heavy atom. The lowest BCUT2D eigenvalue weighted by Crippen LogP contribution is -2.56. The second-order valence-corrected chi connectivity index (χ2v) is 6.25. The van der Waals surface area contributed by atoms with Gasteiger partial charge in [0.2, 0.25) is 0 Å². The van der Waals surface area contributed by atoms with E-state index in [0.717, 1.165) is 12.3 Å². The molecule has 1 aliphatic carbocycles. The van der Waals surface area contributed by atoms with Crippen molar-refractivity contribution in [3.63, 3.8) is 0 Å². The summed E-state index contributed by atoms with van der Waals surface area (Å²) in [7, 11) is 0. The van der Waals surface area contributed by atoms with E-state index in [2.05, 4.69) is 4.98 Å². The molecule has 2 atom stereocenters. The first-order valence-corrected chi connectivity index (χ1v) is 7.66. The van der Waals surface area contributed by atoms with Gasteiger partial charge in [-0.05, 0) is 31.4 Å². The number of carbonyl (C=O) groups is 1. The number of amides is 1. The first-order valence-electron chi connectivity index (χ1n) is 7.66. The lowest BCUT2D eigenvalue weighted by atomic mass is 9.75. The molecule has 1 fully saturated rings. The van der Waals surface area contributed by atoms with E-state index in [4.69, 9.17) is 0 Å². The summed E-state index contributed by atoms with van der Waals surface area (Å²) in [5, 5.41) is 21.2. The molecule has 136 valence electrons. The van der Waals surface area contributed by atoms with Crippen molar-refractivity contribution in [3.8, 4) is 0 Å². The number of aliphatic hydroxyl groups is 2. The van der Waals surface area contributed by atoms with Crippen LogP contribution in [-0.2, 0) is 4.79 Å².